The number of rotatable bonds is 1. The highest BCUT2D eigenvalue weighted by Gasteiger charge is 2.17. The van der Waals surface area contributed by atoms with Crippen LogP contribution >= 0.6 is 0 Å². The highest BCUT2D eigenvalue weighted by Crippen LogP contribution is 2.13. The number of nitriles is 1. The highest BCUT2D eigenvalue weighted by molar-refractivity contribution is 5.93. The molecule has 1 amide bonds. The molecule has 2 rings (SSSR count). The molecule has 17 heavy (non-hydrogen) atoms. The Balaban J connectivity index is 2.09. The monoisotopic (exact) mass is 229 g/mol. The van der Waals surface area contributed by atoms with E-state index in [0.717, 1.165) is 25.9 Å². The minimum Gasteiger partial charge on any atom is -0.339 e. The number of nitrogens with zero attached hydrogens (tertiary/aromatic N) is 3. The lowest BCUT2D eigenvalue weighted by molar-refractivity contribution is 0.0761. The maximum absolute atomic E-state index is 12.2. The van der Waals surface area contributed by atoms with E-state index >= 15 is 0 Å². The van der Waals surface area contributed by atoms with Crippen molar-refractivity contribution in [3.05, 3.63) is 29.6 Å². The van der Waals surface area contributed by atoms with Crippen LogP contribution in [-0.2, 0) is 0 Å². The van der Waals surface area contributed by atoms with E-state index in [1.54, 1.807) is 12.1 Å². The van der Waals surface area contributed by atoms with Crippen molar-refractivity contribution in [2.24, 2.45) is 0 Å². The fourth-order valence-corrected chi connectivity index (χ4v) is 2.04. The Kier molecular flexibility index (Phi) is 3.71. The standard InChI is InChI=1S/C13H15N3O/c14-9-12-6-5-11(10-15-12)13(17)16-7-3-1-2-4-8-16/h5-6,10H,1-4,7-8H2. The molecule has 1 aliphatic heterocycles. The fraction of sp³-hybridized carbons (Fsp3) is 0.462. The summed E-state index contributed by atoms with van der Waals surface area (Å²) in [6, 6.07) is 5.21. The predicted octanol–water partition coefficient (Wildman–Crippen LogP) is 1.97. The van der Waals surface area contributed by atoms with E-state index in [0.29, 0.717) is 11.3 Å². The topological polar surface area (TPSA) is 57.0 Å². The summed E-state index contributed by atoms with van der Waals surface area (Å²) in [5.41, 5.74) is 0.920. The van der Waals surface area contributed by atoms with Gasteiger partial charge in [0.2, 0.25) is 0 Å². The first-order valence-corrected chi connectivity index (χ1v) is 5.96. The van der Waals surface area contributed by atoms with Gasteiger partial charge in [0.1, 0.15) is 11.8 Å². The molecule has 0 unspecified atom stereocenters. The minimum absolute atomic E-state index is 0.0314. The zero-order chi connectivity index (χ0) is 12.1. The molecule has 1 saturated heterocycles. The summed E-state index contributed by atoms with van der Waals surface area (Å²) in [7, 11) is 0. The first kappa shape index (κ1) is 11.6. The first-order valence-electron chi connectivity index (χ1n) is 5.96. The molecule has 1 aromatic rings. The Hall–Kier alpha value is -1.89. The molecule has 1 fully saturated rings. The molecule has 0 aliphatic carbocycles. The van der Waals surface area contributed by atoms with Gasteiger partial charge in [-0.25, -0.2) is 4.98 Å². The summed E-state index contributed by atoms with van der Waals surface area (Å²) in [6.07, 6.45) is 6.06. The summed E-state index contributed by atoms with van der Waals surface area (Å²) < 4.78 is 0. The van der Waals surface area contributed by atoms with E-state index < -0.39 is 0 Å². The zero-order valence-electron chi connectivity index (χ0n) is 9.72. The van der Waals surface area contributed by atoms with E-state index in [2.05, 4.69) is 4.98 Å². The SMILES string of the molecule is N#Cc1ccc(C(=O)N2CCCCCC2)cn1. The third-order valence-electron chi connectivity index (χ3n) is 3.02. The molecule has 0 spiro atoms. The molecule has 0 bridgehead atoms. The van der Waals surface area contributed by atoms with Crippen molar-refractivity contribution in [3.63, 3.8) is 0 Å². The highest BCUT2D eigenvalue weighted by atomic mass is 16.2. The summed E-state index contributed by atoms with van der Waals surface area (Å²) in [5, 5.41) is 8.65. The van der Waals surface area contributed by atoms with Crippen molar-refractivity contribution in [2.75, 3.05) is 13.1 Å². The van der Waals surface area contributed by atoms with Crippen LogP contribution in [0, 0.1) is 11.3 Å². The normalized spacial score (nSPS) is 16.1. The van der Waals surface area contributed by atoms with Crippen molar-refractivity contribution >= 4 is 5.91 Å². The molecule has 88 valence electrons. The molecule has 0 atom stereocenters. The van der Waals surface area contributed by atoms with Gasteiger partial charge in [0.15, 0.2) is 0 Å². The molecule has 1 aromatic heterocycles. The van der Waals surface area contributed by atoms with Gasteiger partial charge in [-0.15, -0.1) is 0 Å². The Morgan fingerprint density at radius 3 is 2.47 bits per heavy atom. The van der Waals surface area contributed by atoms with Crippen LogP contribution in [0.4, 0.5) is 0 Å². The average Bonchev–Trinajstić information content (AvgIpc) is 2.67. The van der Waals surface area contributed by atoms with E-state index in [-0.39, 0.29) is 5.91 Å². The fourth-order valence-electron chi connectivity index (χ4n) is 2.04. The van der Waals surface area contributed by atoms with E-state index in [4.69, 9.17) is 5.26 Å². The van der Waals surface area contributed by atoms with Crippen molar-refractivity contribution in [1.29, 1.82) is 5.26 Å². The third kappa shape index (κ3) is 2.82. The lowest BCUT2D eigenvalue weighted by atomic mass is 10.2. The molecule has 0 radical (unpaired) electrons. The Morgan fingerprint density at radius 2 is 1.94 bits per heavy atom. The van der Waals surface area contributed by atoms with Crippen molar-refractivity contribution in [3.8, 4) is 6.07 Å². The lowest BCUT2D eigenvalue weighted by Gasteiger charge is -2.19. The number of carbonyl (C=O) groups is 1. The van der Waals surface area contributed by atoms with E-state index in [1.165, 1.54) is 19.0 Å². The second-order valence-corrected chi connectivity index (χ2v) is 4.25. The summed E-state index contributed by atoms with van der Waals surface area (Å²) in [6.45, 7) is 1.66. The van der Waals surface area contributed by atoms with Gasteiger partial charge in [0.25, 0.3) is 5.91 Å². The Labute approximate surface area is 101 Å². The summed E-state index contributed by atoms with van der Waals surface area (Å²) >= 11 is 0. The van der Waals surface area contributed by atoms with Crippen LogP contribution in [0.1, 0.15) is 41.7 Å². The van der Waals surface area contributed by atoms with Crippen LogP contribution in [-0.4, -0.2) is 28.9 Å². The largest absolute Gasteiger partial charge is 0.339 e. The number of amides is 1. The van der Waals surface area contributed by atoms with Crippen LogP contribution in [0.15, 0.2) is 18.3 Å². The molecule has 4 nitrogen and oxygen atoms in total. The Bertz CT molecular complexity index is 425. The number of pyridine rings is 1. The average molecular weight is 229 g/mol. The van der Waals surface area contributed by atoms with Crippen LogP contribution in [0.2, 0.25) is 0 Å². The van der Waals surface area contributed by atoms with Crippen LogP contribution in [0.25, 0.3) is 0 Å². The molecule has 0 N–H and O–H groups in total. The molecular formula is C13H15N3O. The van der Waals surface area contributed by atoms with Crippen LogP contribution in [0.3, 0.4) is 0 Å². The second-order valence-electron chi connectivity index (χ2n) is 4.25. The number of aromatic nitrogens is 1. The molecule has 0 saturated carbocycles. The van der Waals surface area contributed by atoms with Gasteiger partial charge < -0.3 is 4.90 Å². The quantitative estimate of drug-likeness (QED) is 0.739. The number of hydrogen-bond acceptors (Lipinski definition) is 3. The molecule has 2 heterocycles. The van der Waals surface area contributed by atoms with Crippen molar-refractivity contribution in [2.45, 2.75) is 25.7 Å². The maximum Gasteiger partial charge on any atom is 0.255 e. The minimum atomic E-state index is 0.0314. The maximum atomic E-state index is 12.2. The van der Waals surface area contributed by atoms with Gasteiger partial charge in [-0.05, 0) is 25.0 Å². The van der Waals surface area contributed by atoms with Crippen molar-refractivity contribution in [1.82, 2.24) is 9.88 Å². The van der Waals surface area contributed by atoms with Gasteiger partial charge in [-0.3, -0.25) is 4.79 Å². The number of likely N-dealkylation sites (tertiary alicyclic amines) is 1. The zero-order valence-corrected chi connectivity index (χ0v) is 9.72. The smallest absolute Gasteiger partial charge is 0.255 e. The third-order valence-corrected chi connectivity index (χ3v) is 3.02. The summed E-state index contributed by atoms with van der Waals surface area (Å²) in [5.74, 6) is 0.0314. The van der Waals surface area contributed by atoms with Gasteiger partial charge in [-0.2, -0.15) is 5.26 Å². The first-order chi connectivity index (χ1) is 8.31. The van der Waals surface area contributed by atoms with E-state index in [1.807, 2.05) is 11.0 Å². The molecule has 0 aromatic carbocycles. The number of carbonyl (C=O) groups excluding carboxylic acids is 1. The second kappa shape index (κ2) is 5.44. The van der Waals surface area contributed by atoms with Crippen LogP contribution in [0.5, 0.6) is 0 Å². The van der Waals surface area contributed by atoms with Gasteiger partial charge in [0.05, 0.1) is 5.56 Å². The molecule has 1 aliphatic rings. The summed E-state index contributed by atoms with van der Waals surface area (Å²) in [4.78, 5) is 18.0. The van der Waals surface area contributed by atoms with Crippen LogP contribution < -0.4 is 0 Å². The lowest BCUT2D eigenvalue weighted by Crippen LogP contribution is -2.31. The van der Waals surface area contributed by atoms with E-state index in [9.17, 15) is 4.79 Å². The van der Waals surface area contributed by atoms with Gasteiger partial charge in [0, 0.05) is 19.3 Å². The molecular weight excluding hydrogens is 214 g/mol. The predicted molar refractivity (Wildman–Crippen MR) is 63.3 cm³/mol. The van der Waals surface area contributed by atoms with Crippen molar-refractivity contribution < 1.29 is 4.79 Å². The Morgan fingerprint density at radius 1 is 1.24 bits per heavy atom. The number of hydrogen-bond donors (Lipinski definition) is 0. The van der Waals surface area contributed by atoms with Gasteiger partial charge in [-0.1, -0.05) is 12.8 Å². The molecule has 4 heteroatoms. The van der Waals surface area contributed by atoms with Gasteiger partial charge >= 0.3 is 0 Å².